The minimum Gasteiger partial charge on any atom is -0.478 e. The lowest BCUT2D eigenvalue weighted by Gasteiger charge is -2.20. The van der Waals surface area contributed by atoms with E-state index in [1.807, 2.05) is 0 Å². The highest BCUT2D eigenvalue weighted by atomic mass is 35.5. The molecular weight excluding hydrogens is 281 g/mol. The number of rotatable bonds is 4. The molecule has 0 fully saturated rings. The van der Waals surface area contributed by atoms with Gasteiger partial charge >= 0.3 is 5.97 Å². The first-order valence-electron chi connectivity index (χ1n) is 5.96. The van der Waals surface area contributed by atoms with Crippen LogP contribution in [-0.4, -0.2) is 18.1 Å². The van der Waals surface area contributed by atoms with Gasteiger partial charge < -0.3 is 10.0 Å². The maximum Gasteiger partial charge on any atom is 0.335 e. The van der Waals surface area contributed by atoms with Gasteiger partial charge in [0.15, 0.2) is 0 Å². The van der Waals surface area contributed by atoms with Crippen molar-refractivity contribution in [3.63, 3.8) is 0 Å². The van der Waals surface area contributed by atoms with Crippen LogP contribution in [0.25, 0.3) is 0 Å². The smallest absolute Gasteiger partial charge is 0.335 e. The zero-order valence-electron chi connectivity index (χ0n) is 10.8. The molecule has 2 aromatic carbocycles. The standard InChI is InChI=1S/C15H13ClFNO2/c1-18(14-5-3-2-4-13(14)17)9-11-7-6-10(15(19)20)8-12(11)16/h2-8H,9H2,1H3,(H,19,20). The third-order valence-corrected chi connectivity index (χ3v) is 3.32. The van der Waals surface area contributed by atoms with Crippen molar-refractivity contribution in [2.75, 3.05) is 11.9 Å². The third-order valence-electron chi connectivity index (χ3n) is 2.97. The molecule has 0 bridgehead atoms. The molecule has 0 atom stereocenters. The molecule has 0 saturated heterocycles. The fourth-order valence-corrected chi connectivity index (χ4v) is 2.15. The van der Waals surface area contributed by atoms with Gasteiger partial charge in [-0.2, -0.15) is 0 Å². The van der Waals surface area contributed by atoms with Crippen LogP contribution in [0.4, 0.5) is 10.1 Å². The Labute approximate surface area is 121 Å². The minimum absolute atomic E-state index is 0.132. The summed E-state index contributed by atoms with van der Waals surface area (Å²) in [5.41, 5.74) is 1.33. The van der Waals surface area contributed by atoms with E-state index >= 15 is 0 Å². The first kappa shape index (κ1) is 14.3. The van der Waals surface area contributed by atoms with E-state index in [-0.39, 0.29) is 11.4 Å². The predicted octanol–water partition coefficient (Wildman–Crippen LogP) is 3.81. The lowest BCUT2D eigenvalue weighted by Crippen LogP contribution is -2.18. The van der Waals surface area contributed by atoms with Gasteiger partial charge in [-0.1, -0.05) is 29.8 Å². The highest BCUT2D eigenvalue weighted by molar-refractivity contribution is 6.31. The number of hydrogen-bond acceptors (Lipinski definition) is 2. The summed E-state index contributed by atoms with van der Waals surface area (Å²) in [5, 5.41) is 9.23. The van der Waals surface area contributed by atoms with Gasteiger partial charge in [0.05, 0.1) is 11.3 Å². The fraction of sp³-hybridized carbons (Fsp3) is 0.133. The van der Waals surface area contributed by atoms with Gasteiger partial charge in [0.1, 0.15) is 5.82 Å². The highest BCUT2D eigenvalue weighted by Crippen LogP contribution is 2.23. The van der Waals surface area contributed by atoms with Crippen LogP contribution in [-0.2, 0) is 6.54 Å². The lowest BCUT2D eigenvalue weighted by atomic mass is 10.1. The Morgan fingerprint density at radius 1 is 1.30 bits per heavy atom. The number of halogens is 2. The van der Waals surface area contributed by atoms with Crippen molar-refractivity contribution < 1.29 is 14.3 Å². The Hall–Kier alpha value is -2.07. The van der Waals surface area contributed by atoms with Gasteiger partial charge in [0, 0.05) is 18.6 Å². The first-order valence-corrected chi connectivity index (χ1v) is 6.34. The molecule has 104 valence electrons. The van der Waals surface area contributed by atoms with Gasteiger partial charge in [-0.05, 0) is 29.8 Å². The Morgan fingerprint density at radius 2 is 2.00 bits per heavy atom. The molecule has 2 aromatic rings. The molecule has 1 N–H and O–H groups in total. The molecule has 20 heavy (non-hydrogen) atoms. The predicted molar refractivity (Wildman–Crippen MR) is 76.9 cm³/mol. The van der Waals surface area contributed by atoms with Gasteiger partial charge in [-0.3, -0.25) is 0 Å². The maximum atomic E-state index is 13.7. The summed E-state index contributed by atoms with van der Waals surface area (Å²) in [5.74, 6) is -1.34. The second kappa shape index (κ2) is 5.92. The summed E-state index contributed by atoms with van der Waals surface area (Å²) in [7, 11) is 1.75. The minimum atomic E-state index is -1.03. The molecule has 0 heterocycles. The van der Waals surface area contributed by atoms with Crippen LogP contribution in [0, 0.1) is 5.82 Å². The molecule has 0 aliphatic rings. The van der Waals surface area contributed by atoms with Crippen molar-refractivity contribution in [3.8, 4) is 0 Å². The van der Waals surface area contributed by atoms with Crippen molar-refractivity contribution in [1.29, 1.82) is 0 Å². The van der Waals surface area contributed by atoms with Gasteiger partial charge in [0.25, 0.3) is 0 Å². The quantitative estimate of drug-likeness (QED) is 0.932. The van der Waals surface area contributed by atoms with E-state index in [9.17, 15) is 9.18 Å². The van der Waals surface area contributed by atoms with Gasteiger partial charge in [-0.25, -0.2) is 9.18 Å². The molecular formula is C15H13ClFNO2. The van der Waals surface area contributed by atoms with E-state index in [1.165, 1.54) is 18.2 Å². The van der Waals surface area contributed by atoms with E-state index in [0.717, 1.165) is 5.56 Å². The Morgan fingerprint density at radius 3 is 2.60 bits per heavy atom. The summed E-state index contributed by atoms with van der Waals surface area (Å²) in [4.78, 5) is 12.6. The van der Waals surface area contributed by atoms with Crippen LogP contribution in [0.5, 0.6) is 0 Å². The number of carbonyl (C=O) groups is 1. The molecule has 0 spiro atoms. The van der Waals surface area contributed by atoms with Crippen LogP contribution in [0.3, 0.4) is 0 Å². The van der Waals surface area contributed by atoms with E-state index in [0.29, 0.717) is 17.3 Å². The van der Waals surface area contributed by atoms with E-state index in [4.69, 9.17) is 16.7 Å². The number of hydrogen-bond donors (Lipinski definition) is 1. The molecule has 0 amide bonds. The maximum absolute atomic E-state index is 13.7. The Bertz CT molecular complexity index is 646. The molecule has 0 aliphatic heterocycles. The van der Waals surface area contributed by atoms with Gasteiger partial charge in [-0.15, -0.1) is 0 Å². The summed E-state index contributed by atoms with van der Waals surface area (Å²) in [6, 6.07) is 11.0. The summed E-state index contributed by atoms with van der Waals surface area (Å²) in [6.45, 7) is 0.389. The summed E-state index contributed by atoms with van der Waals surface area (Å²) in [6.07, 6.45) is 0. The zero-order valence-corrected chi connectivity index (χ0v) is 11.6. The average Bonchev–Trinajstić information content (AvgIpc) is 2.41. The highest BCUT2D eigenvalue weighted by Gasteiger charge is 2.11. The molecule has 0 aromatic heterocycles. The third kappa shape index (κ3) is 3.08. The van der Waals surface area contributed by atoms with Crippen molar-refractivity contribution in [1.82, 2.24) is 0 Å². The molecule has 3 nitrogen and oxygen atoms in total. The normalized spacial score (nSPS) is 10.3. The Balaban J connectivity index is 2.22. The molecule has 0 unspecified atom stereocenters. The summed E-state index contributed by atoms with van der Waals surface area (Å²) < 4.78 is 13.7. The SMILES string of the molecule is CN(Cc1ccc(C(=O)O)cc1Cl)c1ccccc1F. The topological polar surface area (TPSA) is 40.5 Å². The average molecular weight is 294 g/mol. The lowest BCUT2D eigenvalue weighted by molar-refractivity contribution is 0.0697. The van der Waals surface area contributed by atoms with Crippen LogP contribution < -0.4 is 4.90 Å². The summed E-state index contributed by atoms with van der Waals surface area (Å²) >= 11 is 6.06. The molecule has 0 aliphatic carbocycles. The number of para-hydroxylation sites is 1. The van der Waals surface area contributed by atoms with Crippen LogP contribution in [0.1, 0.15) is 15.9 Å². The number of aromatic carboxylic acids is 1. The molecule has 2 rings (SSSR count). The Kier molecular flexibility index (Phi) is 4.25. The van der Waals surface area contributed by atoms with Crippen molar-refractivity contribution >= 4 is 23.3 Å². The molecule has 0 saturated carbocycles. The number of benzene rings is 2. The number of anilines is 1. The van der Waals surface area contributed by atoms with Crippen LogP contribution in [0.2, 0.25) is 5.02 Å². The fourth-order valence-electron chi connectivity index (χ4n) is 1.91. The molecule has 0 radical (unpaired) electrons. The number of nitrogens with zero attached hydrogens (tertiary/aromatic N) is 1. The monoisotopic (exact) mass is 293 g/mol. The second-order valence-electron chi connectivity index (χ2n) is 4.42. The number of carboxylic acids is 1. The van der Waals surface area contributed by atoms with Gasteiger partial charge in [0.2, 0.25) is 0 Å². The van der Waals surface area contributed by atoms with E-state index < -0.39 is 5.97 Å². The van der Waals surface area contributed by atoms with Crippen LogP contribution >= 0.6 is 11.6 Å². The van der Waals surface area contributed by atoms with E-state index in [1.54, 1.807) is 36.2 Å². The largest absolute Gasteiger partial charge is 0.478 e. The second-order valence-corrected chi connectivity index (χ2v) is 4.83. The van der Waals surface area contributed by atoms with Crippen molar-refractivity contribution in [2.45, 2.75) is 6.54 Å². The zero-order chi connectivity index (χ0) is 14.7. The number of carboxylic acid groups (broad SMARTS) is 1. The van der Waals surface area contributed by atoms with Crippen LogP contribution in [0.15, 0.2) is 42.5 Å². The first-order chi connectivity index (χ1) is 9.49. The van der Waals surface area contributed by atoms with Crippen molar-refractivity contribution in [3.05, 3.63) is 64.4 Å². The van der Waals surface area contributed by atoms with Crippen molar-refractivity contribution in [2.24, 2.45) is 0 Å². The van der Waals surface area contributed by atoms with E-state index in [2.05, 4.69) is 0 Å². The molecule has 5 heteroatoms.